The van der Waals surface area contributed by atoms with E-state index >= 15 is 0 Å². The Morgan fingerprint density at radius 2 is 2.22 bits per heavy atom. The highest BCUT2D eigenvalue weighted by molar-refractivity contribution is 5.78. The maximum absolute atomic E-state index is 5.42. The van der Waals surface area contributed by atoms with Crippen LogP contribution in [-0.2, 0) is 4.74 Å². The number of rotatable bonds is 6. The van der Waals surface area contributed by atoms with E-state index < -0.39 is 0 Å². The van der Waals surface area contributed by atoms with E-state index in [-0.39, 0.29) is 0 Å². The third-order valence-electron chi connectivity index (χ3n) is 3.14. The molecule has 0 spiro atoms. The van der Waals surface area contributed by atoms with Crippen molar-refractivity contribution in [1.82, 2.24) is 10.3 Å². The molecule has 0 radical (unpaired) electrons. The molecule has 3 heteroatoms. The summed E-state index contributed by atoms with van der Waals surface area (Å²) >= 11 is 0. The lowest BCUT2D eigenvalue weighted by molar-refractivity contribution is 0.137. The monoisotopic (exact) mass is 244 g/mol. The van der Waals surface area contributed by atoms with Crippen molar-refractivity contribution in [3.05, 3.63) is 42.1 Å². The van der Waals surface area contributed by atoms with Crippen LogP contribution in [0.15, 0.2) is 36.5 Å². The summed E-state index contributed by atoms with van der Waals surface area (Å²) in [7, 11) is 1.99. The summed E-state index contributed by atoms with van der Waals surface area (Å²) in [6.07, 6.45) is 2.81. The van der Waals surface area contributed by atoms with Crippen molar-refractivity contribution < 1.29 is 4.74 Å². The summed E-state index contributed by atoms with van der Waals surface area (Å²) < 4.78 is 5.42. The molecular formula is C15H20N2O. The number of nitrogens with one attached hydrogen (secondary N) is 1. The van der Waals surface area contributed by atoms with Crippen LogP contribution < -0.4 is 5.32 Å². The highest BCUT2D eigenvalue weighted by Gasteiger charge is 2.09. The molecule has 1 N–H and O–H groups in total. The lowest BCUT2D eigenvalue weighted by Gasteiger charge is -2.16. The molecule has 0 fully saturated rings. The first kappa shape index (κ1) is 13.0. The summed E-state index contributed by atoms with van der Waals surface area (Å²) in [5.74, 6) is 0. The molecule has 1 aromatic heterocycles. The molecule has 0 amide bonds. The standard InChI is InChI=1S/C15H20N2O/c1-3-18-10-8-14(16-2)13-7-6-12-5-4-9-17-15(12)11-13/h4-7,9,11,14,16H,3,8,10H2,1-2H3. The van der Waals surface area contributed by atoms with Crippen molar-refractivity contribution >= 4 is 10.9 Å². The summed E-state index contributed by atoms with van der Waals surface area (Å²) in [5.41, 5.74) is 2.31. The number of hydrogen-bond donors (Lipinski definition) is 1. The van der Waals surface area contributed by atoms with Gasteiger partial charge in [0.05, 0.1) is 5.52 Å². The van der Waals surface area contributed by atoms with Crippen molar-refractivity contribution in [3.63, 3.8) is 0 Å². The molecule has 1 unspecified atom stereocenters. The van der Waals surface area contributed by atoms with Gasteiger partial charge in [0.15, 0.2) is 0 Å². The molecule has 0 aliphatic heterocycles. The van der Waals surface area contributed by atoms with Gasteiger partial charge in [-0.2, -0.15) is 0 Å². The number of benzene rings is 1. The van der Waals surface area contributed by atoms with Crippen molar-refractivity contribution in [2.24, 2.45) is 0 Å². The zero-order valence-electron chi connectivity index (χ0n) is 11.0. The topological polar surface area (TPSA) is 34.1 Å². The molecule has 1 atom stereocenters. The van der Waals surface area contributed by atoms with Gasteiger partial charge in [-0.25, -0.2) is 0 Å². The molecule has 0 saturated carbocycles. The van der Waals surface area contributed by atoms with E-state index in [1.807, 2.05) is 26.2 Å². The fourth-order valence-electron chi connectivity index (χ4n) is 2.12. The first-order chi connectivity index (χ1) is 8.85. The third-order valence-corrected chi connectivity index (χ3v) is 3.14. The van der Waals surface area contributed by atoms with E-state index in [1.165, 1.54) is 10.9 Å². The van der Waals surface area contributed by atoms with Gasteiger partial charge in [-0.05, 0) is 38.1 Å². The Bertz CT molecular complexity index is 499. The van der Waals surface area contributed by atoms with Crippen LogP contribution in [0.1, 0.15) is 24.9 Å². The van der Waals surface area contributed by atoms with E-state index in [2.05, 4.69) is 34.6 Å². The van der Waals surface area contributed by atoms with Gasteiger partial charge >= 0.3 is 0 Å². The van der Waals surface area contributed by atoms with Gasteiger partial charge in [0, 0.05) is 30.8 Å². The molecule has 0 aliphatic carbocycles. The van der Waals surface area contributed by atoms with Crippen molar-refractivity contribution in [3.8, 4) is 0 Å². The molecule has 1 heterocycles. The Morgan fingerprint density at radius 1 is 1.33 bits per heavy atom. The Hall–Kier alpha value is -1.45. The number of pyridine rings is 1. The van der Waals surface area contributed by atoms with E-state index in [4.69, 9.17) is 4.74 Å². The molecule has 96 valence electrons. The quantitative estimate of drug-likeness (QED) is 0.793. The molecule has 3 nitrogen and oxygen atoms in total. The fraction of sp³-hybridized carbons (Fsp3) is 0.400. The molecule has 1 aromatic carbocycles. The third kappa shape index (κ3) is 3.06. The van der Waals surface area contributed by atoms with Crippen LogP contribution >= 0.6 is 0 Å². The number of fused-ring (bicyclic) bond motifs is 1. The first-order valence-corrected chi connectivity index (χ1v) is 6.45. The van der Waals surface area contributed by atoms with E-state index in [9.17, 15) is 0 Å². The van der Waals surface area contributed by atoms with Crippen molar-refractivity contribution in [1.29, 1.82) is 0 Å². The molecule has 0 aliphatic rings. The van der Waals surface area contributed by atoms with Gasteiger partial charge in [0.1, 0.15) is 0 Å². The predicted octanol–water partition coefficient (Wildman–Crippen LogP) is 2.92. The first-order valence-electron chi connectivity index (χ1n) is 6.45. The second kappa shape index (κ2) is 6.47. The molecular weight excluding hydrogens is 224 g/mol. The highest BCUT2D eigenvalue weighted by Crippen LogP contribution is 2.21. The minimum absolute atomic E-state index is 0.322. The number of hydrogen-bond acceptors (Lipinski definition) is 3. The maximum atomic E-state index is 5.42. The second-order valence-electron chi connectivity index (χ2n) is 4.28. The van der Waals surface area contributed by atoms with E-state index in [1.54, 1.807) is 0 Å². The van der Waals surface area contributed by atoms with Crippen LogP contribution in [0.25, 0.3) is 10.9 Å². The molecule has 18 heavy (non-hydrogen) atoms. The molecule has 2 rings (SSSR count). The largest absolute Gasteiger partial charge is 0.382 e. The van der Waals surface area contributed by atoms with Crippen LogP contribution in [0.2, 0.25) is 0 Å². The summed E-state index contributed by atoms with van der Waals surface area (Å²) in [6.45, 7) is 3.58. The molecule has 0 bridgehead atoms. The molecule has 0 saturated heterocycles. The average molecular weight is 244 g/mol. The SMILES string of the molecule is CCOCCC(NC)c1ccc2cccnc2c1. The van der Waals surface area contributed by atoms with Gasteiger partial charge in [-0.1, -0.05) is 18.2 Å². The summed E-state index contributed by atoms with van der Waals surface area (Å²) in [5, 5.41) is 4.52. The Labute approximate surface area is 108 Å². The summed E-state index contributed by atoms with van der Waals surface area (Å²) in [4.78, 5) is 4.40. The minimum atomic E-state index is 0.322. The molecule has 2 aromatic rings. The lowest BCUT2D eigenvalue weighted by atomic mass is 10.0. The highest BCUT2D eigenvalue weighted by atomic mass is 16.5. The minimum Gasteiger partial charge on any atom is -0.382 e. The zero-order chi connectivity index (χ0) is 12.8. The maximum Gasteiger partial charge on any atom is 0.0705 e. The Balaban J connectivity index is 2.17. The predicted molar refractivity (Wildman–Crippen MR) is 74.7 cm³/mol. The van der Waals surface area contributed by atoms with Gasteiger partial charge in [-0.15, -0.1) is 0 Å². The van der Waals surface area contributed by atoms with Crippen LogP contribution in [0, 0.1) is 0 Å². The van der Waals surface area contributed by atoms with Gasteiger partial charge in [0.25, 0.3) is 0 Å². The van der Waals surface area contributed by atoms with Gasteiger partial charge < -0.3 is 10.1 Å². The van der Waals surface area contributed by atoms with Crippen LogP contribution in [0.5, 0.6) is 0 Å². The second-order valence-corrected chi connectivity index (χ2v) is 4.28. The van der Waals surface area contributed by atoms with E-state index in [0.717, 1.165) is 25.2 Å². The summed E-state index contributed by atoms with van der Waals surface area (Å²) in [6, 6.07) is 10.8. The smallest absolute Gasteiger partial charge is 0.0705 e. The van der Waals surface area contributed by atoms with Crippen LogP contribution in [0.3, 0.4) is 0 Å². The lowest BCUT2D eigenvalue weighted by Crippen LogP contribution is -2.18. The number of nitrogens with zero attached hydrogens (tertiary/aromatic N) is 1. The number of aromatic nitrogens is 1. The normalized spacial score (nSPS) is 12.8. The average Bonchev–Trinajstić information content (AvgIpc) is 2.43. The van der Waals surface area contributed by atoms with Crippen LogP contribution in [0.4, 0.5) is 0 Å². The van der Waals surface area contributed by atoms with E-state index in [0.29, 0.717) is 6.04 Å². The van der Waals surface area contributed by atoms with Crippen molar-refractivity contribution in [2.75, 3.05) is 20.3 Å². The Morgan fingerprint density at radius 3 is 3.00 bits per heavy atom. The fourth-order valence-corrected chi connectivity index (χ4v) is 2.12. The van der Waals surface area contributed by atoms with Crippen LogP contribution in [-0.4, -0.2) is 25.2 Å². The van der Waals surface area contributed by atoms with Crippen molar-refractivity contribution in [2.45, 2.75) is 19.4 Å². The van der Waals surface area contributed by atoms with Gasteiger partial charge in [0.2, 0.25) is 0 Å². The zero-order valence-corrected chi connectivity index (χ0v) is 11.0. The van der Waals surface area contributed by atoms with Gasteiger partial charge in [-0.3, -0.25) is 4.98 Å². The number of ether oxygens (including phenoxy) is 1. The Kier molecular flexibility index (Phi) is 4.67.